The highest BCUT2D eigenvalue weighted by atomic mass is 16.5. The van der Waals surface area contributed by atoms with Gasteiger partial charge in [0, 0.05) is 12.6 Å². The van der Waals surface area contributed by atoms with Gasteiger partial charge in [0.1, 0.15) is 6.04 Å². The lowest BCUT2D eigenvalue weighted by molar-refractivity contribution is -0.146. The molecule has 138 valence electrons. The van der Waals surface area contributed by atoms with Crippen molar-refractivity contribution < 1.29 is 14.3 Å². The molecule has 0 radical (unpaired) electrons. The largest absolute Gasteiger partial charge is 0.465 e. The second-order valence-corrected chi connectivity index (χ2v) is 6.57. The van der Waals surface area contributed by atoms with Gasteiger partial charge in [-0.1, -0.05) is 30.3 Å². The minimum atomic E-state index is -0.475. The Labute approximate surface area is 150 Å². The molecule has 5 nitrogen and oxygen atoms in total. The quantitative estimate of drug-likeness (QED) is 0.662. The van der Waals surface area contributed by atoms with Crippen LogP contribution in [-0.2, 0) is 20.7 Å². The molecule has 2 atom stereocenters. The molecule has 1 aliphatic carbocycles. The highest BCUT2D eigenvalue weighted by Crippen LogP contribution is 2.27. The molecule has 2 rings (SSSR count). The number of carbonyl (C=O) groups excluding carboxylic acids is 2. The molecule has 1 N–H and O–H groups in total. The number of benzene rings is 1. The van der Waals surface area contributed by atoms with E-state index < -0.39 is 12.1 Å². The maximum Gasteiger partial charge on any atom is 0.323 e. The fourth-order valence-corrected chi connectivity index (χ4v) is 3.07. The first kappa shape index (κ1) is 19.4. The van der Waals surface area contributed by atoms with Crippen LogP contribution >= 0.6 is 0 Å². The highest BCUT2D eigenvalue weighted by molar-refractivity contribution is 5.83. The predicted octanol–water partition coefficient (Wildman–Crippen LogP) is 2.54. The van der Waals surface area contributed by atoms with Crippen molar-refractivity contribution in [3.05, 3.63) is 35.9 Å². The van der Waals surface area contributed by atoms with E-state index in [-0.39, 0.29) is 11.9 Å². The minimum absolute atomic E-state index is 0.0685. The average molecular weight is 346 g/mol. The molecule has 5 heteroatoms. The number of ether oxygens (including phenoxy) is 1. The van der Waals surface area contributed by atoms with Gasteiger partial charge in [0.2, 0.25) is 5.91 Å². The second-order valence-electron chi connectivity index (χ2n) is 6.57. The van der Waals surface area contributed by atoms with E-state index in [1.54, 1.807) is 6.92 Å². The predicted molar refractivity (Wildman–Crippen MR) is 98.2 cm³/mol. The Kier molecular flexibility index (Phi) is 7.44. The molecule has 0 saturated heterocycles. The Bertz CT molecular complexity index is 557. The SMILES string of the molecule is CCOC(=O)[C@H](CCc1ccccc1)N[C@@H](C)C(=O)N(CC)C1CC1. The summed E-state index contributed by atoms with van der Waals surface area (Å²) in [4.78, 5) is 26.9. The molecule has 1 aromatic carbocycles. The van der Waals surface area contributed by atoms with Gasteiger partial charge in [0.15, 0.2) is 0 Å². The number of nitrogens with one attached hydrogen (secondary N) is 1. The van der Waals surface area contributed by atoms with E-state index in [1.165, 1.54) is 5.56 Å². The number of aryl methyl sites for hydroxylation is 1. The smallest absolute Gasteiger partial charge is 0.323 e. The first-order valence-corrected chi connectivity index (χ1v) is 9.33. The van der Waals surface area contributed by atoms with Crippen molar-refractivity contribution in [2.75, 3.05) is 13.2 Å². The van der Waals surface area contributed by atoms with E-state index in [9.17, 15) is 9.59 Å². The summed E-state index contributed by atoms with van der Waals surface area (Å²) in [5, 5.41) is 3.20. The maximum atomic E-state index is 12.7. The van der Waals surface area contributed by atoms with Crippen LogP contribution in [0, 0.1) is 0 Å². The minimum Gasteiger partial charge on any atom is -0.465 e. The molecule has 0 aliphatic heterocycles. The zero-order valence-corrected chi connectivity index (χ0v) is 15.5. The number of amides is 1. The zero-order valence-electron chi connectivity index (χ0n) is 15.5. The number of likely N-dealkylation sites (N-methyl/N-ethyl adjacent to an activating group) is 1. The van der Waals surface area contributed by atoms with Gasteiger partial charge in [-0.3, -0.25) is 14.9 Å². The van der Waals surface area contributed by atoms with Crippen molar-refractivity contribution in [2.24, 2.45) is 0 Å². The summed E-state index contributed by atoms with van der Waals surface area (Å²) in [6, 6.07) is 9.55. The summed E-state index contributed by atoms with van der Waals surface area (Å²) in [6.45, 7) is 6.69. The normalized spacial score (nSPS) is 16.1. The van der Waals surface area contributed by atoms with Crippen molar-refractivity contribution in [1.82, 2.24) is 10.2 Å². The third-order valence-electron chi connectivity index (χ3n) is 4.57. The molecule has 0 spiro atoms. The van der Waals surface area contributed by atoms with Crippen molar-refractivity contribution in [3.63, 3.8) is 0 Å². The fourth-order valence-electron chi connectivity index (χ4n) is 3.07. The summed E-state index contributed by atoms with van der Waals surface area (Å²) in [7, 11) is 0. The molecule has 0 unspecified atom stereocenters. The average Bonchev–Trinajstić information content (AvgIpc) is 3.45. The molecule has 1 aromatic rings. The van der Waals surface area contributed by atoms with Crippen LogP contribution in [0.4, 0.5) is 0 Å². The van der Waals surface area contributed by atoms with Crippen LogP contribution in [0.15, 0.2) is 30.3 Å². The number of carbonyl (C=O) groups is 2. The van der Waals surface area contributed by atoms with E-state index in [4.69, 9.17) is 4.74 Å². The van der Waals surface area contributed by atoms with Crippen LogP contribution in [0.3, 0.4) is 0 Å². The molecular formula is C20H30N2O3. The van der Waals surface area contributed by atoms with Gasteiger partial charge in [0.05, 0.1) is 12.6 Å². The number of rotatable bonds is 10. The van der Waals surface area contributed by atoms with E-state index in [0.717, 1.165) is 19.3 Å². The van der Waals surface area contributed by atoms with Gasteiger partial charge in [-0.2, -0.15) is 0 Å². The molecule has 0 bridgehead atoms. The monoisotopic (exact) mass is 346 g/mol. The van der Waals surface area contributed by atoms with Crippen LogP contribution in [0.25, 0.3) is 0 Å². The third kappa shape index (κ3) is 5.85. The Morgan fingerprint density at radius 2 is 1.92 bits per heavy atom. The lowest BCUT2D eigenvalue weighted by atomic mass is 10.0. The van der Waals surface area contributed by atoms with Gasteiger partial charge >= 0.3 is 5.97 Å². The first-order chi connectivity index (χ1) is 12.1. The Balaban J connectivity index is 1.96. The van der Waals surface area contributed by atoms with E-state index in [2.05, 4.69) is 5.32 Å². The van der Waals surface area contributed by atoms with E-state index in [1.807, 2.05) is 49.1 Å². The van der Waals surface area contributed by atoms with Gasteiger partial charge in [-0.25, -0.2) is 0 Å². The Morgan fingerprint density at radius 3 is 2.48 bits per heavy atom. The third-order valence-corrected chi connectivity index (χ3v) is 4.57. The molecule has 1 saturated carbocycles. The summed E-state index contributed by atoms with van der Waals surface area (Å²) in [6.07, 6.45) is 3.54. The van der Waals surface area contributed by atoms with Crippen LogP contribution < -0.4 is 5.32 Å². The van der Waals surface area contributed by atoms with E-state index in [0.29, 0.717) is 25.6 Å². The van der Waals surface area contributed by atoms with Crippen LogP contribution in [0.2, 0.25) is 0 Å². The standard InChI is InChI=1S/C20H30N2O3/c1-4-22(17-12-13-17)19(23)15(3)21-18(20(24)25-5-2)14-11-16-9-7-6-8-10-16/h6-10,15,17-18,21H,4-5,11-14H2,1-3H3/t15-,18-/m0/s1. The Hall–Kier alpha value is -1.88. The first-order valence-electron chi connectivity index (χ1n) is 9.33. The van der Waals surface area contributed by atoms with Crippen LogP contribution in [0.1, 0.15) is 45.6 Å². The van der Waals surface area contributed by atoms with Crippen molar-refractivity contribution >= 4 is 11.9 Å². The molecule has 1 amide bonds. The summed E-state index contributed by atoms with van der Waals surface area (Å²) in [5.41, 5.74) is 1.17. The highest BCUT2D eigenvalue weighted by Gasteiger charge is 2.34. The summed E-state index contributed by atoms with van der Waals surface area (Å²) < 4.78 is 5.19. The fraction of sp³-hybridized carbons (Fsp3) is 0.600. The maximum absolute atomic E-state index is 12.7. The topological polar surface area (TPSA) is 58.6 Å². The molecule has 0 heterocycles. The zero-order chi connectivity index (χ0) is 18.2. The number of esters is 1. The summed E-state index contributed by atoms with van der Waals surface area (Å²) in [5.74, 6) is -0.216. The number of nitrogens with zero attached hydrogens (tertiary/aromatic N) is 1. The molecule has 25 heavy (non-hydrogen) atoms. The van der Waals surface area contributed by atoms with Gasteiger partial charge in [0.25, 0.3) is 0 Å². The van der Waals surface area contributed by atoms with Crippen LogP contribution in [-0.4, -0.2) is 48.1 Å². The molecular weight excluding hydrogens is 316 g/mol. The van der Waals surface area contributed by atoms with E-state index >= 15 is 0 Å². The molecule has 1 fully saturated rings. The van der Waals surface area contributed by atoms with Crippen LogP contribution in [0.5, 0.6) is 0 Å². The number of hydrogen-bond acceptors (Lipinski definition) is 4. The lowest BCUT2D eigenvalue weighted by Gasteiger charge is -2.27. The lowest BCUT2D eigenvalue weighted by Crippen LogP contribution is -2.51. The Morgan fingerprint density at radius 1 is 1.24 bits per heavy atom. The van der Waals surface area contributed by atoms with Crippen molar-refractivity contribution in [2.45, 2.75) is 64.6 Å². The molecule has 0 aromatic heterocycles. The number of hydrogen-bond donors (Lipinski definition) is 1. The van der Waals surface area contributed by atoms with Gasteiger partial charge in [-0.15, -0.1) is 0 Å². The molecule has 1 aliphatic rings. The van der Waals surface area contributed by atoms with Crippen molar-refractivity contribution in [3.8, 4) is 0 Å². The summed E-state index contributed by atoms with van der Waals surface area (Å²) >= 11 is 0. The van der Waals surface area contributed by atoms with Gasteiger partial charge < -0.3 is 9.64 Å². The van der Waals surface area contributed by atoms with Crippen molar-refractivity contribution in [1.29, 1.82) is 0 Å². The van der Waals surface area contributed by atoms with Gasteiger partial charge in [-0.05, 0) is 52.0 Å². The second kappa shape index (κ2) is 9.56.